The highest BCUT2D eigenvalue weighted by Gasteiger charge is 2.37. The van der Waals surface area contributed by atoms with Gasteiger partial charge in [-0.05, 0) is 11.6 Å². The second-order valence-electron chi connectivity index (χ2n) is 7.72. The van der Waals surface area contributed by atoms with Crippen molar-refractivity contribution in [2.24, 2.45) is 0 Å². The number of ether oxygens (including phenoxy) is 1. The molecule has 8 nitrogen and oxygen atoms in total. The molecular weight excluding hydrogens is 382 g/mol. The maximum absolute atomic E-state index is 12.2. The van der Waals surface area contributed by atoms with Gasteiger partial charge in [0.2, 0.25) is 5.91 Å². The van der Waals surface area contributed by atoms with E-state index in [1.165, 1.54) is 6.92 Å². The maximum atomic E-state index is 12.2. The molecule has 1 saturated heterocycles. The zero-order chi connectivity index (χ0) is 20.8. The number of likely N-dealkylation sites (tertiary alicyclic amines) is 1. The summed E-state index contributed by atoms with van der Waals surface area (Å²) in [6.45, 7) is 2.40. The molecule has 3 aromatic heterocycles. The number of aromatic amines is 1. The number of benzene rings is 1. The molecule has 0 saturated carbocycles. The number of H-pyrrole nitrogens is 1. The average Bonchev–Trinajstić information content (AvgIpc) is 3.44. The fraction of sp³-hybridized carbons (Fsp3) is 0.318. The minimum Gasteiger partial charge on any atom is -0.391 e. The Morgan fingerprint density at radius 2 is 2.07 bits per heavy atom. The molecular formula is C22H23N5O3. The second kappa shape index (κ2) is 7.23. The van der Waals surface area contributed by atoms with E-state index in [2.05, 4.69) is 14.4 Å². The van der Waals surface area contributed by atoms with Crippen LogP contribution in [0, 0.1) is 0 Å². The molecule has 0 radical (unpaired) electrons. The molecule has 4 heterocycles. The molecule has 2 N–H and O–H groups in total. The van der Waals surface area contributed by atoms with Gasteiger partial charge in [-0.2, -0.15) is 0 Å². The van der Waals surface area contributed by atoms with Crippen molar-refractivity contribution < 1.29 is 14.6 Å². The number of imidazole rings is 1. The fourth-order valence-corrected chi connectivity index (χ4v) is 4.35. The van der Waals surface area contributed by atoms with Crippen LogP contribution in [-0.2, 0) is 16.1 Å². The SMILES string of the molecule is COCc1ccc(-c2nc([C@H]3C[C@@H](O)CN3C(C)=O)n3c2cnc2[nH]ccc23)cc1. The third kappa shape index (κ3) is 2.96. The number of methoxy groups -OCH3 is 1. The van der Waals surface area contributed by atoms with Crippen molar-refractivity contribution in [2.45, 2.75) is 32.1 Å². The van der Waals surface area contributed by atoms with Crippen molar-refractivity contribution >= 4 is 22.6 Å². The Balaban J connectivity index is 1.72. The number of aromatic nitrogens is 4. The molecule has 1 aliphatic rings. The Labute approximate surface area is 173 Å². The Morgan fingerprint density at radius 1 is 1.27 bits per heavy atom. The van der Waals surface area contributed by atoms with E-state index in [0.717, 1.165) is 39.3 Å². The summed E-state index contributed by atoms with van der Waals surface area (Å²) in [5.74, 6) is 0.665. The highest BCUT2D eigenvalue weighted by Crippen LogP contribution is 2.36. The number of fused-ring (bicyclic) bond motifs is 3. The molecule has 1 fully saturated rings. The first kappa shape index (κ1) is 18.8. The second-order valence-corrected chi connectivity index (χ2v) is 7.72. The lowest BCUT2D eigenvalue weighted by atomic mass is 10.1. The lowest BCUT2D eigenvalue weighted by Crippen LogP contribution is -2.30. The molecule has 2 atom stereocenters. The van der Waals surface area contributed by atoms with Crippen molar-refractivity contribution in [3.8, 4) is 11.3 Å². The van der Waals surface area contributed by atoms with E-state index in [0.29, 0.717) is 19.6 Å². The fourth-order valence-electron chi connectivity index (χ4n) is 4.35. The summed E-state index contributed by atoms with van der Waals surface area (Å²) in [6, 6.07) is 9.74. The predicted molar refractivity (Wildman–Crippen MR) is 112 cm³/mol. The molecule has 5 rings (SSSR count). The molecule has 1 amide bonds. The Bertz CT molecular complexity index is 1230. The van der Waals surface area contributed by atoms with Crippen LogP contribution in [0.2, 0.25) is 0 Å². The number of aliphatic hydroxyl groups is 1. The van der Waals surface area contributed by atoms with Crippen molar-refractivity contribution in [3.63, 3.8) is 0 Å². The van der Waals surface area contributed by atoms with Gasteiger partial charge >= 0.3 is 0 Å². The van der Waals surface area contributed by atoms with Gasteiger partial charge in [0.1, 0.15) is 5.82 Å². The van der Waals surface area contributed by atoms with Crippen LogP contribution < -0.4 is 0 Å². The van der Waals surface area contributed by atoms with Crippen LogP contribution in [0.3, 0.4) is 0 Å². The zero-order valence-corrected chi connectivity index (χ0v) is 16.9. The summed E-state index contributed by atoms with van der Waals surface area (Å²) in [7, 11) is 1.67. The highest BCUT2D eigenvalue weighted by molar-refractivity contribution is 5.84. The monoisotopic (exact) mass is 405 g/mol. The van der Waals surface area contributed by atoms with Crippen LogP contribution in [0.15, 0.2) is 42.7 Å². The summed E-state index contributed by atoms with van der Waals surface area (Å²) in [6.07, 6.45) is 3.54. The topological polar surface area (TPSA) is 95.8 Å². The highest BCUT2D eigenvalue weighted by atomic mass is 16.5. The standard InChI is InChI=1S/C22H23N5O3/c1-13(28)26-11-16(29)9-18(26)22-25-20(15-5-3-14(4-6-15)12-30-2)19-10-24-21-17(27(19)22)7-8-23-21/h3-8,10,16,18,23,29H,9,11-12H2,1-2H3/t16-,18-/m1/s1. The van der Waals surface area contributed by atoms with Gasteiger partial charge in [0.25, 0.3) is 0 Å². The van der Waals surface area contributed by atoms with E-state index >= 15 is 0 Å². The summed E-state index contributed by atoms with van der Waals surface area (Å²) in [4.78, 5) is 26.6. The van der Waals surface area contributed by atoms with Crippen molar-refractivity contribution in [1.82, 2.24) is 24.3 Å². The number of nitrogens with zero attached hydrogens (tertiary/aromatic N) is 4. The molecule has 154 valence electrons. The number of hydrogen-bond acceptors (Lipinski definition) is 5. The first-order valence-electron chi connectivity index (χ1n) is 9.94. The number of aliphatic hydroxyl groups excluding tert-OH is 1. The van der Waals surface area contributed by atoms with E-state index < -0.39 is 6.10 Å². The summed E-state index contributed by atoms with van der Waals surface area (Å²) in [5, 5.41) is 10.3. The van der Waals surface area contributed by atoms with Gasteiger partial charge in [-0.1, -0.05) is 24.3 Å². The lowest BCUT2D eigenvalue weighted by molar-refractivity contribution is -0.130. The van der Waals surface area contributed by atoms with Crippen molar-refractivity contribution in [1.29, 1.82) is 0 Å². The maximum Gasteiger partial charge on any atom is 0.220 e. The summed E-state index contributed by atoms with van der Waals surface area (Å²) >= 11 is 0. The lowest BCUT2D eigenvalue weighted by Gasteiger charge is -2.22. The molecule has 0 bridgehead atoms. The third-order valence-electron chi connectivity index (χ3n) is 5.72. The first-order chi connectivity index (χ1) is 14.6. The molecule has 0 spiro atoms. The summed E-state index contributed by atoms with van der Waals surface area (Å²) < 4.78 is 7.26. The van der Waals surface area contributed by atoms with Crippen LogP contribution >= 0.6 is 0 Å². The molecule has 4 aromatic rings. The van der Waals surface area contributed by atoms with Gasteiger partial charge in [-0.3, -0.25) is 9.20 Å². The molecule has 30 heavy (non-hydrogen) atoms. The van der Waals surface area contributed by atoms with Crippen LogP contribution in [0.1, 0.15) is 30.8 Å². The van der Waals surface area contributed by atoms with E-state index in [9.17, 15) is 9.90 Å². The molecule has 0 unspecified atom stereocenters. The van der Waals surface area contributed by atoms with Crippen LogP contribution in [0.25, 0.3) is 27.9 Å². The number of rotatable bonds is 4. The van der Waals surface area contributed by atoms with Crippen LogP contribution in [-0.4, -0.2) is 55.0 Å². The van der Waals surface area contributed by atoms with Gasteiger partial charge < -0.3 is 19.7 Å². The van der Waals surface area contributed by atoms with Gasteiger partial charge in [-0.15, -0.1) is 0 Å². The van der Waals surface area contributed by atoms with Crippen molar-refractivity contribution in [3.05, 3.63) is 54.1 Å². The Kier molecular flexibility index (Phi) is 4.52. The first-order valence-corrected chi connectivity index (χ1v) is 9.94. The van der Waals surface area contributed by atoms with Crippen molar-refractivity contribution in [2.75, 3.05) is 13.7 Å². The molecule has 1 aromatic carbocycles. The van der Waals surface area contributed by atoms with Gasteiger partial charge in [-0.25, -0.2) is 9.97 Å². The van der Waals surface area contributed by atoms with E-state index in [4.69, 9.17) is 9.72 Å². The predicted octanol–water partition coefficient (Wildman–Crippen LogP) is 2.68. The minimum absolute atomic E-state index is 0.0712. The Hall–Kier alpha value is -3.23. The smallest absolute Gasteiger partial charge is 0.220 e. The van der Waals surface area contributed by atoms with Gasteiger partial charge in [0.15, 0.2) is 5.65 Å². The van der Waals surface area contributed by atoms with Crippen LogP contribution in [0.5, 0.6) is 0 Å². The van der Waals surface area contributed by atoms with E-state index in [-0.39, 0.29) is 11.9 Å². The number of hydrogen-bond donors (Lipinski definition) is 2. The zero-order valence-electron chi connectivity index (χ0n) is 16.9. The number of carbonyl (C=O) groups excluding carboxylic acids is 1. The molecule has 8 heteroatoms. The van der Waals surface area contributed by atoms with Gasteiger partial charge in [0.05, 0.1) is 41.7 Å². The number of β-amino-alcohol motifs (C(OH)–C–C–N with tert-alkyl or cyclic N) is 1. The van der Waals surface area contributed by atoms with Crippen LogP contribution in [0.4, 0.5) is 0 Å². The Morgan fingerprint density at radius 3 is 2.80 bits per heavy atom. The number of carbonyl (C=O) groups is 1. The largest absolute Gasteiger partial charge is 0.391 e. The summed E-state index contributed by atoms with van der Waals surface area (Å²) in [5.41, 5.74) is 5.34. The molecule has 1 aliphatic heterocycles. The van der Waals surface area contributed by atoms with Gasteiger partial charge in [0, 0.05) is 38.8 Å². The molecule has 0 aliphatic carbocycles. The normalized spacial score (nSPS) is 19.2. The van der Waals surface area contributed by atoms with E-state index in [1.54, 1.807) is 18.2 Å². The quantitative estimate of drug-likeness (QED) is 0.544. The van der Waals surface area contributed by atoms with E-state index in [1.807, 2.05) is 36.5 Å². The number of amides is 1. The number of nitrogens with one attached hydrogen (secondary N) is 1. The average molecular weight is 405 g/mol. The minimum atomic E-state index is -0.563. The third-order valence-corrected chi connectivity index (χ3v) is 5.72.